The number of aryl methyl sites for hydroxylation is 2. The fourth-order valence-corrected chi connectivity index (χ4v) is 4.72. The second-order valence-electron chi connectivity index (χ2n) is 5.88. The lowest BCUT2D eigenvalue weighted by Crippen LogP contribution is -2.60. The van der Waals surface area contributed by atoms with Gasteiger partial charge in [-0.15, -0.1) is 0 Å². The molecule has 2 fully saturated rings. The lowest BCUT2D eigenvalue weighted by molar-refractivity contribution is -0.0720. The van der Waals surface area contributed by atoms with Crippen molar-refractivity contribution >= 4 is 10.0 Å². The van der Waals surface area contributed by atoms with Crippen LogP contribution in [-0.2, 0) is 21.8 Å². The van der Waals surface area contributed by atoms with Gasteiger partial charge in [-0.25, -0.2) is 13.4 Å². The summed E-state index contributed by atoms with van der Waals surface area (Å²) in [5.74, 6) is 0.694. The van der Waals surface area contributed by atoms with Crippen molar-refractivity contribution in [3.63, 3.8) is 0 Å². The number of likely N-dealkylation sites (N-methyl/N-ethyl adjacent to an activating group) is 1. The van der Waals surface area contributed by atoms with E-state index in [0.717, 1.165) is 13.0 Å². The van der Waals surface area contributed by atoms with Crippen molar-refractivity contribution in [3.05, 3.63) is 12.0 Å². The predicted molar refractivity (Wildman–Crippen MR) is 77.5 cm³/mol. The Kier molecular flexibility index (Phi) is 3.81. The number of rotatable bonds is 2. The van der Waals surface area contributed by atoms with Gasteiger partial charge in [0.15, 0.2) is 5.03 Å². The molecular formula is C13H22N4O3S. The van der Waals surface area contributed by atoms with E-state index < -0.39 is 10.0 Å². The molecule has 1 aromatic rings. The van der Waals surface area contributed by atoms with Crippen LogP contribution in [0.3, 0.4) is 0 Å². The standard InChI is InChI=1S/C13H22N4O3S/c1-10-14-13(9-16(10)3)21(18,19)17-6-7-20-12-4-5-15(2)8-11(12)17/h9,11-12H,4-8H2,1-3H3/t11-,12-/m1/s1. The van der Waals surface area contributed by atoms with Crippen LogP contribution in [0.5, 0.6) is 0 Å². The Morgan fingerprint density at radius 2 is 2.10 bits per heavy atom. The van der Waals surface area contributed by atoms with Gasteiger partial charge in [-0.1, -0.05) is 0 Å². The number of piperidine rings is 1. The Hall–Kier alpha value is -0.960. The van der Waals surface area contributed by atoms with Crippen LogP contribution in [0, 0.1) is 6.92 Å². The van der Waals surface area contributed by atoms with E-state index in [1.165, 1.54) is 0 Å². The summed E-state index contributed by atoms with van der Waals surface area (Å²) in [5.41, 5.74) is 0. The van der Waals surface area contributed by atoms with Crippen molar-refractivity contribution in [1.82, 2.24) is 18.8 Å². The Balaban J connectivity index is 1.93. The second-order valence-corrected chi connectivity index (χ2v) is 7.72. The zero-order chi connectivity index (χ0) is 15.2. The molecule has 1 aromatic heterocycles. The van der Waals surface area contributed by atoms with Gasteiger partial charge >= 0.3 is 0 Å². The SMILES string of the molecule is Cc1nc(S(=O)(=O)N2CCO[C@@H]3CCN(C)C[C@H]32)cn1C. The van der Waals surface area contributed by atoms with Gasteiger partial charge in [-0.05, 0) is 20.4 Å². The molecule has 0 aromatic carbocycles. The molecule has 3 heterocycles. The van der Waals surface area contributed by atoms with Gasteiger partial charge in [0.1, 0.15) is 5.82 Å². The smallest absolute Gasteiger partial charge is 0.262 e. The van der Waals surface area contributed by atoms with Crippen LogP contribution in [0.1, 0.15) is 12.2 Å². The average molecular weight is 314 g/mol. The van der Waals surface area contributed by atoms with E-state index in [4.69, 9.17) is 4.74 Å². The maximum atomic E-state index is 12.9. The molecule has 2 aliphatic heterocycles. The lowest BCUT2D eigenvalue weighted by atomic mass is 10.0. The van der Waals surface area contributed by atoms with Gasteiger partial charge < -0.3 is 14.2 Å². The zero-order valence-corrected chi connectivity index (χ0v) is 13.5. The number of morpholine rings is 1. The second kappa shape index (κ2) is 5.35. The first kappa shape index (κ1) is 15.0. The maximum absolute atomic E-state index is 12.9. The third-order valence-electron chi connectivity index (χ3n) is 4.40. The molecule has 0 unspecified atom stereocenters. The molecule has 0 amide bonds. The van der Waals surface area contributed by atoms with Crippen LogP contribution >= 0.6 is 0 Å². The summed E-state index contributed by atoms with van der Waals surface area (Å²) in [6.07, 6.45) is 2.45. The van der Waals surface area contributed by atoms with E-state index in [0.29, 0.717) is 25.5 Å². The summed E-state index contributed by atoms with van der Waals surface area (Å²) >= 11 is 0. The molecule has 0 spiro atoms. The predicted octanol–water partition coefficient (Wildman–Crippen LogP) is -0.178. The van der Waals surface area contributed by atoms with Crippen LogP contribution in [0.4, 0.5) is 0 Å². The minimum Gasteiger partial charge on any atom is -0.375 e. The van der Waals surface area contributed by atoms with Crippen LogP contribution in [0.2, 0.25) is 0 Å². The Morgan fingerprint density at radius 3 is 2.76 bits per heavy atom. The lowest BCUT2D eigenvalue weighted by Gasteiger charge is -2.45. The molecule has 21 heavy (non-hydrogen) atoms. The first-order chi connectivity index (χ1) is 9.89. The number of nitrogens with zero attached hydrogens (tertiary/aromatic N) is 4. The fraction of sp³-hybridized carbons (Fsp3) is 0.769. The van der Waals surface area contributed by atoms with E-state index in [9.17, 15) is 8.42 Å². The van der Waals surface area contributed by atoms with Gasteiger partial charge in [-0.2, -0.15) is 4.31 Å². The molecule has 2 saturated heterocycles. The van der Waals surface area contributed by atoms with Crippen molar-refractivity contribution in [2.24, 2.45) is 7.05 Å². The van der Waals surface area contributed by atoms with Crippen molar-refractivity contribution < 1.29 is 13.2 Å². The summed E-state index contributed by atoms with van der Waals surface area (Å²) in [5, 5.41) is 0.136. The van der Waals surface area contributed by atoms with Gasteiger partial charge in [-0.3, -0.25) is 0 Å². The van der Waals surface area contributed by atoms with Gasteiger partial charge in [0.05, 0.1) is 18.8 Å². The van der Waals surface area contributed by atoms with Gasteiger partial charge in [0.2, 0.25) is 0 Å². The molecule has 8 heteroatoms. The number of hydrogen-bond acceptors (Lipinski definition) is 5. The van der Waals surface area contributed by atoms with Crippen molar-refractivity contribution in [3.8, 4) is 0 Å². The molecule has 118 valence electrons. The molecular weight excluding hydrogens is 292 g/mol. The van der Waals surface area contributed by atoms with Crippen LogP contribution < -0.4 is 0 Å². The Bertz CT molecular complexity index is 608. The average Bonchev–Trinajstić information content (AvgIpc) is 2.78. The van der Waals surface area contributed by atoms with E-state index in [1.807, 2.05) is 7.05 Å². The molecule has 3 rings (SSSR count). The van der Waals surface area contributed by atoms with Crippen LogP contribution in [-0.4, -0.2) is 72.6 Å². The first-order valence-electron chi connectivity index (χ1n) is 7.21. The maximum Gasteiger partial charge on any atom is 0.262 e. The summed E-state index contributed by atoms with van der Waals surface area (Å²) < 4.78 is 34.9. The topological polar surface area (TPSA) is 67.7 Å². The highest BCUT2D eigenvalue weighted by atomic mass is 32.2. The number of likely N-dealkylation sites (tertiary alicyclic amines) is 1. The third kappa shape index (κ3) is 2.61. The summed E-state index contributed by atoms with van der Waals surface area (Å²) in [4.78, 5) is 6.35. The number of fused-ring (bicyclic) bond motifs is 1. The molecule has 2 aliphatic rings. The number of imidazole rings is 1. The van der Waals surface area contributed by atoms with E-state index in [2.05, 4.69) is 9.88 Å². The Labute approximate surface area is 125 Å². The molecule has 0 aliphatic carbocycles. The number of aromatic nitrogens is 2. The number of sulfonamides is 1. The number of ether oxygens (including phenoxy) is 1. The largest absolute Gasteiger partial charge is 0.375 e. The molecule has 7 nitrogen and oxygen atoms in total. The Morgan fingerprint density at radius 1 is 1.33 bits per heavy atom. The minimum atomic E-state index is -3.56. The van der Waals surface area contributed by atoms with Crippen LogP contribution in [0.15, 0.2) is 11.2 Å². The molecule has 2 atom stereocenters. The molecule has 0 bridgehead atoms. The highest BCUT2D eigenvalue weighted by Gasteiger charge is 2.43. The minimum absolute atomic E-state index is 0.00506. The van der Waals surface area contributed by atoms with Crippen molar-refractivity contribution in [2.75, 3.05) is 33.3 Å². The molecule has 0 saturated carbocycles. The van der Waals surface area contributed by atoms with E-state index in [1.54, 1.807) is 29.0 Å². The molecule has 0 N–H and O–H groups in total. The van der Waals surface area contributed by atoms with E-state index in [-0.39, 0.29) is 17.2 Å². The van der Waals surface area contributed by atoms with Crippen molar-refractivity contribution in [1.29, 1.82) is 0 Å². The highest BCUT2D eigenvalue weighted by Crippen LogP contribution is 2.27. The normalized spacial score (nSPS) is 28.5. The quantitative estimate of drug-likeness (QED) is 0.758. The summed E-state index contributed by atoms with van der Waals surface area (Å²) in [7, 11) is 0.255. The fourth-order valence-electron chi connectivity index (χ4n) is 3.07. The van der Waals surface area contributed by atoms with Gasteiger partial charge in [0, 0.05) is 32.9 Å². The van der Waals surface area contributed by atoms with Gasteiger partial charge in [0.25, 0.3) is 10.0 Å². The molecule has 0 radical (unpaired) electrons. The summed E-state index contributed by atoms with van der Waals surface area (Å²) in [6.45, 7) is 4.30. The third-order valence-corrected chi connectivity index (χ3v) is 6.19. The highest BCUT2D eigenvalue weighted by molar-refractivity contribution is 7.89. The monoisotopic (exact) mass is 314 g/mol. The van der Waals surface area contributed by atoms with Crippen molar-refractivity contribution in [2.45, 2.75) is 30.5 Å². The number of hydrogen-bond donors (Lipinski definition) is 0. The zero-order valence-electron chi connectivity index (χ0n) is 12.7. The summed E-state index contributed by atoms with van der Waals surface area (Å²) in [6, 6.07) is -0.121. The van der Waals surface area contributed by atoms with Crippen LogP contribution in [0.25, 0.3) is 0 Å². The first-order valence-corrected chi connectivity index (χ1v) is 8.65. The van der Waals surface area contributed by atoms with E-state index >= 15 is 0 Å².